The molecule has 0 saturated heterocycles. The van der Waals surface area contributed by atoms with Gasteiger partial charge in [0, 0.05) is 13.2 Å². The molecule has 0 radical (unpaired) electrons. The third-order valence-electron chi connectivity index (χ3n) is 2.31. The zero-order valence-corrected chi connectivity index (χ0v) is 10.5. The second-order valence-corrected chi connectivity index (χ2v) is 5.21. The molecule has 0 bridgehead atoms. The topological polar surface area (TPSA) is 21.3 Å². The van der Waals surface area contributed by atoms with Crippen LogP contribution in [-0.2, 0) is 4.74 Å². The first kappa shape index (κ1) is 13.9. The van der Waals surface area contributed by atoms with Gasteiger partial charge in [-0.1, -0.05) is 34.1 Å². The van der Waals surface area contributed by atoms with E-state index in [9.17, 15) is 0 Å². The van der Waals surface area contributed by atoms with Gasteiger partial charge in [0.15, 0.2) is 0 Å². The minimum atomic E-state index is 0.427. The van der Waals surface area contributed by atoms with E-state index in [1.54, 1.807) is 7.11 Å². The van der Waals surface area contributed by atoms with Gasteiger partial charge in [0.1, 0.15) is 0 Å². The summed E-state index contributed by atoms with van der Waals surface area (Å²) in [7, 11) is 1.77. The molecule has 0 rings (SSSR count). The first-order valence-corrected chi connectivity index (χ1v) is 5.72. The standard InChI is InChI=1S/C12H27NO/c1-6-7-11(10-14-5)13-9-8-12(2,3)4/h11,13H,6-10H2,1-5H3. The van der Waals surface area contributed by atoms with Crippen LogP contribution in [0.15, 0.2) is 0 Å². The molecule has 0 aromatic rings. The fraction of sp³-hybridized carbons (Fsp3) is 1.00. The van der Waals surface area contributed by atoms with Crippen LogP contribution >= 0.6 is 0 Å². The van der Waals surface area contributed by atoms with Crippen molar-refractivity contribution in [2.75, 3.05) is 20.3 Å². The van der Waals surface area contributed by atoms with Crippen molar-refractivity contribution in [2.24, 2.45) is 5.41 Å². The smallest absolute Gasteiger partial charge is 0.0615 e. The van der Waals surface area contributed by atoms with Crippen molar-refractivity contribution in [3.8, 4) is 0 Å². The van der Waals surface area contributed by atoms with Crippen LogP contribution in [0.3, 0.4) is 0 Å². The first-order valence-electron chi connectivity index (χ1n) is 5.72. The molecule has 0 spiro atoms. The third kappa shape index (κ3) is 8.52. The lowest BCUT2D eigenvalue weighted by molar-refractivity contribution is 0.160. The van der Waals surface area contributed by atoms with E-state index < -0.39 is 0 Å². The molecule has 0 heterocycles. The van der Waals surface area contributed by atoms with Gasteiger partial charge < -0.3 is 10.1 Å². The second kappa shape index (κ2) is 7.24. The quantitative estimate of drug-likeness (QED) is 0.684. The number of hydrogen-bond acceptors (Lipinski definition) is 2. The van der Waals surface area contributed by atoms with Gasteiger partial charge in [-0.2, -0.15) is 0 Å². The molecule has 1 atom stereocenters. The average Bonchev–Trinajstić information content (AvgIpc) is 2.02. The van der Waals surface area contributed by atoms with Crippen LogP contribution < -0.4 is 5.32 Å². The Bertz CT molecular complexity index is 123. The van der Waals surface area contributed by atoms with Gasteiger partial charge in [0.05, 0.1) is 6.61 Å². The zero-order valence-electron chi connectivity index (χ0n) is 10.5. The Hall–Kier alpha value is -0.0800. The predicted molar refractivity (Wildman–Crippen MR) is 62.6 cm³/mol. The zero-order chi connectivity index (χ0) is 11.0. The summed E-state index contributed by atoms with van der Waals surface area (Å²) in [6, 6.07) is 0.535. The van der Waals surface area contributed by atoms with E-state index in [1.165, 1.54) is 19.3 Å². The second-order valence-electron chi connectivity index (χ2n) is 5.21. The maximum Gasteiger partial charge on any atom is 0.0615 e. The summed E-state index contributed by atoms with van der Waals surface area (Å²) in [4.78, 5) is 0. The molecule has 0 saturated carbocycles. The molecule has 14 heavy (non-hydrogen) atoms. The van der Waals surface area contributed by atoms with Gasteiger partial charge in [0.2, 0.25) is 0 Å². The summed E-state index contributed by atoms with van der Waals surface area (Å²) >= 11 is 0. The minimum Gasteiger partial charge on any atom is -0.383 e. The van der Waals surface area contributed by atoms with E-state index in [2.05, 4.69) is 33.0 Å². The molecule has 0 aliphatic carbocycles. The Kier molecular flexibility index (Phi) is 7.20. The average molecular weight is 201 g/mol. The number of rotatable bonds is 7. The summed E-state index contributed by atoms with van der Waals surface area (Å²) in [6.45, 7) is 11.0. The van der Waals surface area contributed by atoms with Gasteiger partial charge in [-0.05, 0) is 24.8 Å². The van der Waals surface area contributed by atoms with Crippen LogP contribution in [0.1, 0.15) is 47.0 Å². The highest BCUT2D eigenvalue weighted by Crippen LogP contribution is 2.17. The van der Waals surface area contributed by atoms with Gasteiger partial charge in [0.25, 0.3) is 0 Å². The van der Waals surface area contributed by atoms with Crippen molar-refractivity contribution in [3.63, 3.8) is 0 Å². The lowest BCUT2D eigenvalue weighted by Crippen LogP contribution is -2.35. The molecule has 0 aromatic heterocycles. The van der Waals surface area contributed by atoms with Crippen molar-refractivity contribution in [3.05, 3.63) is 0 Å². The van der Waals surface area contributed by atoms with Crippen LogP contribution in [0.2, 0.25) is 0 Å². The molecular formula is C12H27NO. The van der Waals surface area contributed by atoms with Crippen LogP contribution in [0.5, 0.6) is 0 Å². The SMILES string of the molecule is CCCC(COC)NCCC(C)(C)C. The Morgan fingerprint density at radius 3 is 2.36 bits per heavy atom. The number of ether oxygens (including phenoxy) is 1. The summed E-state index contributed by atoms with van der Waals surface area (Å²) in [5.74, 6) is 0. The Morgan fingerprint density at radius 2 is 1.93 bits per heavy atom. The largest absolute Gasteiger partial charge is 0.383 e. The van der Waals surface area contributed by atoms with Crippen LogP contribution in [-0.4, -0.2) is 26.3 Å². The van der Waals surface area contributed by atoms with E-state index in [1.807, 2.05) is 0 Å². The highest BCUT2D eigenvalue weighted by molar-refractivity contribution is 4.69. The monoisotopic (exact) mass is 201 g/mol. The lowest BCUT2D eigenvalue weighted by Gasteiger charge is -2.22. The highest BCUT2D eigenvalue weighted by Gasteiger charge is 2.11. The first-order chi connectivity index (χ1) is 6.49. The summed E-state index contributed by atoms with van der Waals surface area (Å²) in [6.07, 6.45) is 3.64. The van der Waals surface area contributed by atoms with Crippen molar-refractivity contribution in [1.29, 1.82) is 0 Å². The van der Waals surface area contributed by atoms with Gasteiger partial charge >= 0.3 is 0 Å². The summed E-state index contributed by atoms with van der Waals surface area (Å²) < 4.78 is 5.18. The highest BCUT2D eigenvalue weighted by atomic mass is 16.5. The predicted octanol–water partition coefficient (Wildman–Crippen LogP) is 2.83. The normalized spacial score (nSPS) is 14.4. The van der Waals surface area contributed by atoms with Gasteiger partial charge in [-0.15, -0.1) is 0 Å². The Labute approximate surface area is 89.4 Å². The van der Waals surface area contributed by atoms with Crippen molar-refractivity contribution < 1.29 is 4.74 Å². The minimum absolute atomic E-state index is 0.427. The van der Waals surface area contributed by atoms with Crippen molar-refractivity contribution >= 4 is 0 Å². The molecule has 0 fully saturated rings. The molecule has 0 amide bonds. The molecule has 0 aromatic carbocycles. The number of nitrogens with one attached hydrogen (secondary N) is 1. The Morgan fingerprint density at radius 1 is 1.29 bits per heavy atom. The van der Waals surface area contributed by atoms with Gasteiger partial charge in [-0.25, -0.2) is 0 Å². The van der Waals surface area contributed by atoms with Crippen molar-refractivity contribution in [1.82, 2.24) is 5.32 Å². The van der Waals surface area contributed by atoms with E-state index in [4.69, 9.17) is 4.74 Å². The number of methoxy groups -OCH3 is 1. The molecule has 86 valence electrons. The summed E-state index contributed by atoms with van der Waals surface area (Å²) in [5.41, 5.74) is 0.427. The Balaban J connectivity index is 3.60. The molecule has 1 unspecified atom stereocenters. The fourth-order valence-corrected chi connectivity index (χ4v) is 1.45. The fourth-order valence-electron chi connectivity index (χ4n) is 1.45. The van der Waals surface area contributed by atoms with E-state index >= 15 is 0 Å². The maximum atomic E-state index is 5.18. The lowest BCUT2D eigenvalue weighted by atomic mass is 9.92. The van der Waals surface area contributed by atoms with E-state index in [0.717, 1.165) is 13.2 Å². The molecule has 2 heteroatoms. The number of hydrogen-bond donors (Lipinski definition) is 1. The molecule has 2 nitrogen and oxygen atoms in total. The van der Waals surface area contributed by atoms with Crippen LogP contribution in [0.25, 0.3) is 0 Å². The molecule has 0 aliphatic heterocycles. The molecule has 0 aliphatic rings. The van der Waals surface area contributed by atoms with E-state index in [0.29, 0.717) is 11.5 Å². The molecular weight excluding hydrogens is 174 g/mol. The van der Waals surface area contributed by atoms with Gasteiger partial charge in [-0.3, -0.25) is 0 Å². The molecule has 1 N–H and O–H groups in total. The van der Waals surface area contributed by atoms with E-state index in [-0.39, 0.29) is 0 Å². The van der Waals surface area contributed by atoms with Crippen LogP contribution in [0, 0.1) is 5.41 Å². The third-order valence-corrected chi connectivity index (χ3v) is 2.31. The summed E-state index contributed by atoms with van der Waals surface area (Å²) in [5, 5.41) is 3.55. The van der Waals surface area contributed by atoms with Crippen LogP contribution in [0.4, 0.5) is 0 Å². The maximum absolute atomic E-state index is 5.18. The van der Waals surface area contributed by atoms with Crippen molar-refractivity contribution in [2.45, 2.75) is 53.0 Å².